The summed E-state index contributed by atoms with van der Waals surface area (Å²) in [5.74, 6) is 1.57. The fraction of sp³-hybridized carbons (Fsp3) is 0.231. The van der Waals surface area contributed by atoms with Crippen LogP contribution in [0.15, 0.2) is 45.5 Å². The third-order valence-electron chi connectivity index (χ3n) is 2.46. The topological polar surface area (TPSA) is 48.4 Å². The largest absolute Gasteiger partial charge is 0.493 e. The van der Waals surface area contributed by atoms with E-state index >= 15 is 0 Å². The highest BCUT2D eigenvalue weighted by Crippen LogP contribution is 2.29. The number of rotatable bonds is 4. The van der Waals surface area contributed by atoms with Gasteiger partial charge in [0.2, 0.25) is 0 Å². The highest BCUT2D eigenvalue weighted by atomic mass is 79.9. The number of ether oxygens (including phenoxy) is 1. The first-order chi connectivity index (χ1) is 8.22. The van der Waals surface area contributed by atoms with E-state index in [0.29, 0.717) is 6.61 Å². The zero-order chi connectivity index (χ0) is 12.3. The number of hydrogen-bond acceptors (Lipinski definition) is 3. The fourth-order valence-electron chi connectivity index (χ4n) is 1.62. The Morgan fingerprint density at radius 2 is 2.24 bits per heavy atom. The molecule has 0 radical (unpaired) electrons. The van der Waals surface area contributed by atoms with Crippen molar-refractivity contribution in [3.8, 4) is 5.75 Å². The van der Waals surface area contributed by atoms with Gasteiger partial charge in [0.1, 0.15) is 11.5 Å². The molecule has 0 aliphatic carbocycles. The van der Waals surface area contributed by atoms with E-state index in [1.54, 1.807) is 6.26 Å². The Balaban J connectivity index is 2.25. The van der Waals surface area contributed by atoms with Gasteiger partial charge in [-0.1, -0.05) is 6.07 Å². The smallest absolute Gasteiger partial charge is 0.133 e. The molecule has 1 unspecified atom stereocenters. The van der Waals surface area contributed by atoms with Gasteiger partial charge in [-0.05, 0) is 52.7 Å². The molecule has 17 heavy (non-hydrogen) atoms. The summed E-state index contributed by atoms with van der Waals surface area (Å²) in [7, 11) is 0. The number of hydrogen-bond donors (Lipinski definition) is 1. The van der Waals surface area contributed by atoms with Crippen LogP contribution in [0.1, 0.15) is 24.3 Å². The molecule has 3 nitrogen and oxygen atoms in total. The maximum atomic E-state index is 6.10. The van der Waals surface area contributed by atoms with Crippen LogP contribution in [0.4, 0.5) is 0 Å². The molecular formula is C13H14BrNO2. The summed E-state index contributed by atoms with van der Waals surface area (Å²) in [5.41, 5.74) is 7.08. The number of furan rings is 1. The van der Waals surface area contributed by atoms with Crippen LogP contribution in [0, 0.1) is 0 Å². The number of halogens is 1. The van der Waals surface area contributed by atoms with Gasteiger partial charge in [0.05, 0.1) is 23.4 Å². The molecule has 1 atom stereocenters. The molecule has 0 aliphatic rings. The molecule has 1 heterocycles. The minimum Gasteiger partial charge on any atom is -0.493 e. The van der Waals surface area contributed by atoms with Gasteiger partial charge in [-0.2, -0.15) is 0 Å². The summed E-state index contributed by atoms with van der Waals surface area (Å²) in [6, 6.07) is 9.26. The van der Waals surface area contributed by atoms with Crippen LogP contribution in [0.5, 0.6) is 5.75 Å². The highest BCUT2D eigenvalue weighted by Gasteiger charge is 2.13. The van der Waals surface area contributed by atoms with Crippen molar-refractivity contribution in [2.24, 2.45) is 5.73 Å². The molecule has 0 aliphatic heterocycles. The van der Waals surface area contributed by atoms with Crippen LogP contribution in [0.3, 0.4) is 0 Å². The summed E-state index contributed by atoms with van der Waals surface area (Å²) in [5, 5.41) is 0. The first-order valence-electron chi connectivity index (χ1n) is 5.43. The van der Waals surface area contributed by atoms with Crippen LogP contribution in [0.25, 0.3) is 0 Å². The summed E-state index contributed by atoms with van der Waals surface area (Å²) < 4.78 is 11.6. The molecule has 2 N–H and O–H groups in total. The molecular weight excluding hydrogens is 282 g/mol. The Bertz CT molecular complexity index is 482. The molecule has 90 valence electrons. The maximum absolute atomic E-state index is 6.10. The van der Waals surface area contributed by atoms with Gasteiger partial charge in [-0.15, -0.1) is 0 Å². The minimum absolute atomic E-state index is 0.253. The summed E-state index contributed by atoms with van der Waals surface area (Å²) >= 11 is 3.47. The standard InChI is InChI=1S/C13H14BrNO2/c1-2-16-11-6-5-9(8-10(11)14)13(15)12-4-3-7-17-12/h3-8,13H,2,15H2,1H3. The Morgan fingerprint density at radius 1 is 1.41 bits per heavy atom. The molecule has 0 fully saturated rings. The zero-order valence-electron chi connectivity index (χ0n) is 9.52. The minimum atomic E-state index is -0.253. The van der Waals surface area contributed by atoms with Gasteiger partial charge < -0.3 is 14.9 Å². The quantitative estimate of drug-likeness (QED) is 0.939. The van der Waals surface area contributed by atoms with Crippen LogP contribution in [-0.4, -0.2) is 6.61 Å². The SMILES string of the molecule is CCOc1ccc(C(N)c2ccco2)cc1Br. The predicted molar refractivity (Wildman–Crippen MR) is 70.0 cm³/mol. The molecule has 0 spiro atoms. The monoisotopic (exact) mass is 295 g/mol. The first-order valence-corrected chi connectivity index (χ1v) is 6.23. The van der Waals surface area contributed by atoms with E-state index in [-0.39, 0.29) is 6.04 Å². The highest BCUT2D eigenvalue weighted by molar-refractivity contribution is 9.10. The van der Waals surface area contributed by atoms with E-state index in [4.69, 9.17) is 14.9 Å². The lowest BCUT2D eigenvalue weighted by molar-refractivity contribution is 0.338. The second-order valence-electron chi connectivity index (χ2n) is 3.62. The third-order valence-corrected chi connectivity index (χ3v) is 3.08. The lowest BCUT2D eigenvalue weighted by Gasteiger charge is -2.12. The number of nitrogens with two attached hydrogens (primary N) is 1. The van der Waals surface area contributed by atoms with Gasteiger partial charge >= 0.3 is 0 Å². The Kier molecular flexibility index (Phi) is 3.86. The lowest BCUT2D eigenvalue weighted by Crippen LogP contribution is -2.10. The van der Waals surface area contributed by atoms with Crippen molar-refractivity contribution in [3.05, 3.63) is 52.4 Å². The van der Waals surface area contributed by atoms with E-state index in [9.17, 15) is 0 Å². The van der Waals surface area contributed by atoms with Crippen molar-refractivity contribution < 1.29 is 9.15 Å². The molecule has 4 heteroatoms. The molecule has 0 bridgehead atoms. The van der Waals surface area contributed by atoms with Gasteiger partial charge in [-0.3, -0.25) is 0 Å². The summed E-state index contributed by atoms with van der Waals surface area (Å²) in [6.45, 7) is 2.59. The van der Waals surface area contributed by atoms with Crippen LogP contribution in [-0.2, 0) is 0 Å². The number of benzene rings is 1. The molecule has 1 aromatic heterocycles. The summed E-state index contributed by atoms with van der Waals surface area (Å²) in [6.07, 6.45) is 1.62. The molecule has 2 rings (SSSR count). The second kappa shape index (κ2) is 5.38. The van der Waals surface area contributed by atoms with Gasteiger partial charge in [0.25, 0.3) is 0 Å². The Morgan fingerprint density at radius 3 is 2.82 bits per heavy atom. The van der Waals surface area contributed by atoms with Crippen molar-refractivity contribution in [1.82, 2.24) is 0 Å². The van der Waals surface area contributed by atoms with Crippen molar-refractivity contribution in [2.45, 2.75) is 13.0 Å². The fourth-order valence-corrected chi connectivity index (χ4v) is 2.13. The second-order valence-corrected chi connectivity index (χ2v) is 4.47. The average molecular weight is 296 g/mol. The van der Waals surface area contributed by atoms with E-state index in [1.807, 2.05) is 37.3 Å². The van der Waals surface area contributed by atoms with Crippen LogP contribution >= 0.6 is 15.9 Å². The molecule has 2 aromatic rings. The van der Waals surface area contributed by atoms with Gasteiger partial charge in [0, 0.05) is 0 Å². The van der Waals surface area contributed by atoms with E-state index in [0.717, 1.165) is 21.5 Å². The lowest BCUT2D eigenvalue weighted by atomic mass is 10.1. The molecule has 0 saturated carbocycles. The van der Waals surface area contributed by atoms with Gasteiger partial charge in [0.15, 0.2) is 0 Å². The van der Waals surface area contributed by atoms with Crippen molar-refractivity contribution in [1.29, 1.82) is 0 Å². The van der Waals surface area contributed by atoms with E-state index in [1.165, 1.54) is 0 Å². The molecule has 1 aromatic carbocycles. The normalized spacial score (nSPS) is 12.4. The summed E-state index contributed by atoms with van der Waals surface area (Å²) in [4.78, 5) is 0. The molecule has 0 saturated heterocycles. The third kappa shape index (κ3) is 2.70. The Labute approximate surface area is 109 Å². The van der Waals surface area contributed by atoms with E-state index in [2.05, 4.69) is 15.9 Å². The average Bonchev–Trinajstić information content (AvgIpc) is 2.84. The van der Waals surface area contributed by atoms with Gasteiger partial charge in [-0.25, -0.2) is 0 Å². The first kappa shape index (κ1) is 12.2. The molecule has 0 amide bonds. The van der Waals surface area contributed by atoms with Crippen LogP contribution < -0.4 is 10.5 Å². The zero-order valence-corrected chi connectivity index (χ0v) is 11.1. The van der Waals surface area contributed by atoms with Crippen molar-refractivity contribution in [3.63, 3.8) is 0 Å². The van der Waals surface area contributed by atoms with Crippen molar-refractivity contribution in [2.75, 3.05) is 6.61 Å². The van der Waals surface area contributed by atoms with Crippen molar-refractivity contribution >= 4 is 15.9 Å². The van der Waals surface area contributed by atoms with E-state index < -0.39 is 0 Å². The van der Waals surface area contributed by atoms with Crippen LogP contribution in [0.2, 0.25) is 0 Å². The maximum Gasteiger partial charge on any atom is 0.133 e. The Hall–Kier alpha value is -1.26. The predicted octanol–water partition coefficient (Wildman–Crippen LogP) is 3.49.